The van der Waals surface area contributed by atoms with Crippen LogP contribution in [0.5, 0.6) is 0 Å². The Labute approximate surface area is 112 Å². The summed E-state index contributed by atoms with van der Waals surface area (Å²) in [5, 5.41) is 21.2. The number of nitrogens with zero attached hydrogens (tertiary/aromatic N) is 2. The number of nitro benzene ring substituents is 1. The van der Waals surface area contributed by atoms with Crippen LogP contribution in [0.25, 0.3) is 21.8 Å². The van der Waals surface area contributed by atoms with Crippen molar-refractivity contribution in [2.45, 2.75) is 6.92 Å². The first-order valence-corrected chi connectivity index (χ1v) is 5.78. The van der Waals surface area contributed by atoms with Crippen LogP contribution in [0, 0.1) is 17.0 Å². The zero-order chi connectivity index (χ0) is 14.4. The molecule has 0 saturated heterocycles. The first-order chi connectivity index (χ1) is 9.49. The molecule has 0 aliphatic rings. The molecule has 20 heavy (non-hydrogen) atoms. The molecule has 0 atom stereocenters. The third-order valence-corrected chi connectivity index (χ3v) is 3.31. The number of H-pyrrole nitrogens is 1. The first kappa shape index (κ1) is 12.1. The number of hydrogen-bond acceptors (Lipinski definition) is 4. The summed E-state index contributed by atoms with van der Waals surface area (Å²) < 4.78 is 0. The molecule has 100 valence electrons. The van der Waals surface area contributed by atoms with E-state index >= 15 is 0 Å². The monoisotopic (exact) mass is 271 g/mol. The second kappa shape index (κ2) is 4.02. The van der Waals surface area contributed by atoms with E-state index in [1.54, 1.807) is 13.0 Å². The van der Waals surface area contributed by atoms with Crippen LogP contribution in [-0.2, 0) is 0 Å². The molecule has 3 rings (SSSR count). The number of nitro groups is 1. The predicted molar refractivity (Wildman–Crippen MR) is 72.0 cm³/mol. The maximum atomic E-state index is 11.1. The topological polar surface area (TPSA) is 109 Å². The number of benzene rings is 1. The highest BCUT2D eigenvalue weighted by Gasteiger charge is 2.16. The van der Waals surface area contributed by atoms with Crippen molar-refractivity contribution in [3.63, 3.8) is 0 Å². The van der Waals surface area contributed by atoms with Crippen LogP contribution in [-0.4, -0.2) is 26.0 Å². The summed E-state index contributed by atoms with van der Waals surface area (Å²) in [6.45, 7) is 1.70. The van der Waals surface area contributed by atoms with Crippen LogP contribution >= 0.6 is 0 Å². The number of carbonyl (C=O) groups is 1. The van der Waals surface area contributed by atoms with Crippen LogP contribution in [0.4, 0.5) is 5.69 Å². The lowest BCUT2D eigenvalue weighted by atomic mass is 10.1. The Morgan fingerprint density at radius 2 is 2.15 bits per heavy atom. The van der Waals surface area contributed by atoms with Crippen molar-refractivity contribution >= 4 is 33.5 Å². The number of carboxylic acid groups (broad SMARTS) is 1. The highest BCUT2D eigenvalue weighted by atomic mass is 16.6. The minimum Gasteiger partial charge on any atom is -0.477 e. The lowest BCUT2D eigenvalue weighted by Crippen LogP contribution is -1.98. The summed E-state index contributed by atoms with van der Waals surface area (Å²) >= 11 is 0. The predicted octanol–water partition coefficient (Wildman–Crippen LogP) is 2.63. The Morgan fingerprint density at radius 1 is 1.40 bits per heavy atom. The Kier molecular flexibility index (Phi) is 2.43. The Balaban J connectivity index is 2.39. The van der Waals surface area contributed by atoms with Crippen molar-refractivity contribution in [2.24, 2.45) is 0 Å². The standard InChI is InChI=1S/C13H9N3O4/c1-6-9-5-14-10-4-7(16(19)20)2-3-8(10)12(9)15-11(6)13(17)18/h2-5,15H,1H3,(H,17,18). The average molecular weight is 271 g/mol. The van der Waals surface area contributed by atoms with Crippen molar-refractivity contribution < 1.29 is 14.8 Å². The van der Waals surface area contributed by atoms with E-state index < -0.39 is 10.9 Å². The van der Waals surface area contributed by atoms with Crippen molar-refractivity contribution in [1.29, 1.82) is 0 Å². The molecule has 1 aromatic carbocycles. The second-order valence-corrected chi connectivity index (χ2v) is 4.44. The number of rotatable bonds is 2. The molecular weight excluding hydrogens is 262 g/mol. The number of nitrogens with one attached hydrogen (secondary N) is 1. The number of aromatic amines is 1. The highest BCUT2D eigenvalue weighted by molar-refractivity contribution is 6.08. The molecule has 0 fully saturated rings. The number of hydrogen-bond donors (Lipinski definition) is 2. The van der Waals surface area contributed by atoms with Gasteiger partial charge in [-0.2, -0.15) is 0 Å². The minimum atomic E-state index is -1.05. The number of aryl methyl sites for hydroxylation is 1. The molecule has 0 spiro atoms. The fourth-order valence-electron chi connectivity index (χ4n) is 2.28. The molecule has 0 bridgehead atoms. The Bertz CT molecular complexity index is 882. The normalized spacial score (nSPS) is 11.1. The SMILES string of the molecule is Cc1c(C(=O)O)[nH]c2c1cnc1cc([N+](=O)[O-])ccc12. The minimum absolute atomic E-state index is 0.0499. The van der Waals surface area contributed by atoms with Crippen LogP contribution < -0.4 is 0 Å². The molecule has 0 aliphatic heterocycles. The van der Waals surface area contributed by atoms with Crippen LogP contribution in [0.1, 0.15) is 16.1 Å². The Morgan fingerprint density at radius 3 is 2.80 bits per heavy atom. The van der Waals surface area contributed by atoms with E-state index in [0.29, 0.717) is 27.4 Å². The smallest absolute Gasteiger partial charge is 0.352 e. The largest absolute Gasteiger partial charge is 0.477 e. The van der Waals surface area contributed by atoms with Gasteiger partial charge in [-0.3, -0.25) is 15.1 Å². The van der Waals surface area contributed by atoms with Gasteiger partial charge in [0.1, 0.15) is 5.69 Å². The summed E-state index contributed by atoms with van der Waals surface area (Å²) in [6.07, 6.45) is 1.53. The van der Waals surface area contributed by atoms with Gasteiger partial charge < -0.3 is 10.1 Å². The van der Waals surface area contributed by atoms with Gasteiger partial charge in [0.15, 0.2) is 0 Å². The number of aromatic carboxylic acids is 1. The number of pyridine rings is 1. The van der Waals surface area contributed by atoms with Gasteiger partial charge in [0, 0.05) is 29.1 Å². The highest BCUT2D eigenvalue weighted by Crippen LogP contribution is 2.29. The molecule has 7 nitrogen and oxygen atoms in total. The molecule has 2 aromatic heterocycles. The molecular formula is C13H9N3O4. The van der Waals surface area contributed by atoms with Crippen LogP contribution in [0.3, 0.4) is 0 Å². The van der Waals surface area contributed by atoms with Gasteiger partial charge in [-0.1, -0.05) is 0 Å². The molecule has 7 heteroatoms. The first-order valence-electron chi connectivity index (χ1n) is 5.78. The van der Waals surface area contributed by atoms with Crippen LogP contribution in [0.2, 0.25) is 0 Å². The van der Waals surface area contributed by atoms with E-state index in [1.165, 1.54) is 18.3 Å². The van der Waals surface area contributed by atoms with Crippen molar-refractivity contribution in [2.75, 3.05) is 0 Å². The maximum Gasteiger partial charge on any atom is 0.352 e. The summed E-state index contributed by atoms with van der Waals surface area (Å²) in [5.74, 6) is -1.05. The van der Waals surface area contributed by atoms with Crippen molar-refractivity contribution in [1.82, 2.24) is 9.97 Å². The molecule has 0 radical (unpaired) electrons. The molecule has 3 aromatic rings. The summed E-state index contributed by atoms with van der Waals surface area (Å²) in [6, 6.07) is 4.32. The van der Waals surface area contributed by atoms with Crippen LogP contribution in [0.15, 0.2) is 24.4 Å². The lowest BCUT2D eigenvalue weighted by Gasteiger charge is -1.99. The number of fused-ring (bicyclic) bond motifs is 3. The summed E-state index contributed by atoms with van der Waals surface area (Å²) in [5.41, 5.74) is 1.73. The number of carboxylic acids is 1. The van der Waals surface area contributed by atoms with Gasteiger partial charge in [0.05, 0.1) is 16.0 Å². The van der Waals surface area contributed by atoms with E-state index in [2.05, 4.69) is 9.97 Å². The fraction of sp³-hybridized carbons (Fsp3) is 0.0769. The van der Waals surface area contributed by atoms with E-state index in [1.807, 2.05) is 0 Å². The van der Waals surface area contributed by atoms with Gasteiger partial charge in [-0.05, 0) is 18.6 Å². The summed E-state index contributed by atoms with van der Waals surface area (Å²) in [7, 11) is 0. The molecule has 2 heterocycles. The second-order valence-electron chi connectivity index (χ2n) is 4.44. The van der Waals surface area contributed by atoms with Crippen molar-refractivity contribution in [3.8, 4) is 0 Å². The molecule has 0 aliphatic carbocycles. The average Bonchev–Trinajstić information content (AvgIpc) is 2.76. The van der Waals surface area contributed by atoms with E-state index in [0.717, 1.165) is 0 Å². The van der Waals surface area contributed by atoms with Gasteiger partial charge in [-0.15, -0.1) is 0 Å². The summed E-state index contributed by atoms with van der Waals surface area (Å²) in [4.78, 5) is 28.4. The molecule has 0 saturated carbocycles. The van der Waals surface area contributed by atoms with Crippen molar-refractivity contribution in [3.05, 3.63) is 45.8 Å². The van der Waals surface area contributed by atoms with Gasteiger partial charge in [0.2, 0.25) is 0 Å². The molecule has 0 amide bonds. The molecule has 2 N–H and O–H groups in total. The zero-order valence-electron chi connectivity index (χ0n) is 10.4. The van der Waals surface area contributed by atoms with E-state index in [9.17, 15) is 14.9 Å². The van der Waals surface area contributed by atoms with Gasteiger partial charge in [0.25, 0.3) is 5.69 Å². The van der Waals surface area contributed by atoms with E-state index in [4.69, 9.17) is 5.11 Å². The third-order valence-electron chi connectivity index (χ3n) is 3.31. The van der Waals surface area contributed by atoms with Gasteiger partial charge in [-0.25, -0.2) is 4.79 Å². The third kappa shape index (κ3) is 1.60. The van der Waals surface area contributed by atoms with Gasteiger partial charge >= 0.3 is 5.97 Å². The fourth-order valence-corrected chi connectivity index (χ4v) is 2.28. The quantitative estimate of drug-likeness (QED) is 0.550. The Hall–Kier alpha value is -2.96. The zero-order valence-corrected chi connectivity index (χ0v) is 10.4. The van der Waals surface area contributed by atoms with E-state index in [-0.39, 0.29) is 11.4 Å². The number of non-ortho nitro benzene ring substituents is 1. The number of aromatic nitrogens is 2. The molecule has 0 unspecified atom stereocenters. The lowest BCUT2D eigenvalue weighted by molar-refractivity contribution is -0.384. The maximum absolute atomic E-state index is 11.1.